The quantitative estimate of drug-likeness (QED) is 0.409. The van der Waals surface area contributed by atoms with Gasteiger partial charge in [0, 0.05) is 57.1 Å². The van der Waals surface area contributed by atoms with Crippen LogP contribution in [0.4, 0.5) is 11.6 Å². The molecular formula is C21H36N6OS. The number of fused-ring (bicyclic) bond motifs is 1. The number of likely N-dealkylation sites (N-methyl/N-ethyl adjacent to an activating group) is 1. The number of anilines is 2. The Kier molecular flexibility index (Phi) is 6.83. The molecule has 1 aliphatic carbocycles. The van der Waals surface area contributed by atoms with E-state index in [9.17, 15) is 5.11 Å². The summed E-state index contributed by atoms with van der Waals surface area (Å²) >= 11 is 1.70. The predicted molar refractivity (Wildman–Crippen MR) is 119 cm³/mol. The van der Waals surface area contributed by atoms with E-state index in [0.717, 1.165) is 75.3 Å². The topological polar surface area (TPSA) is 81.8 Å². The Balaban J connectivity index is 1.41. The number of hydrogen-bond donors (Lipinski definition) is 2. The van der Waals surface area contributed by atoms with Gasteiger partial charge in [0.25, 0.3) is 0 Å². The van der Waals surface area contributed by atoms with Gasteiger partial charge in [0.15, 0.2) is 5.16 Å². The average molecular weight is 421 g/mol. The van der Waals surface area contributed by atoms with Gasteiger partial charge in [-0.25, -0.2) is 9.97 Å². The first-order chi connectivity index (χ1) is 14.0. The van der Waals surface area contributed by atoms with Gasteiger partial charge in [-0.05, 0) is 38.1 Å². The van der Waals surface area contributed by atoms with Crippen LogP contribution in [-0.4, -0.2) is 89.1 Å². The molecule has 29 heavy (non-hydrogen) atoms. The number of aliphatic hydroxyl groups excluding tert-OH is 1. The highest BCUT2D eigenvalue weighted by Gasteiger charge is 2.44. The maximum Gasteiger partial charge on any atom is 0.191 e. The standard InChI is InChI=1S/C21H36N6OS/c1-3-4-9-29-21-23-19(22)12-20(24-21)27-13-15-10-17(18(28)11-16(15)14-27)26-7-5-25(2)6-8-26/h12,15-18,28H,3-11,13-14H2,1-2H3,(H2,22,23,24)/t15-,16+,17-,18-/m1/s1. The number of aliphatic hydroxyl groups is 1. The number of aromatic nitrogens is 2. The maximum atomic E-state index is 10.9. The molecule has 3 N–H and O–H groups in total. The Morgan fingerprint density at radius 2 is 1.86 bits per heavy atom. The summed E-state index contributed by atoms with van der Waals surface area (Å²) in [4.78, 5) is 16.5. The monoisotopic (exact) mass is 420 g/mol. The van der Waals surface area contributed by atoms with Gasteiger partial charge in [-0.1, -0.05) is 25.1 Å². The van der Waals surface area contributed by atoms with Crippen LogP contribution < -0.4 is 10.6 Å². The van der Waals surface area contributed by atoms with Crippen molar-refractivity contribution in [3.05, 3.63) is 6.07 Å². The van der Waals surface area contributed by atoms with E-state index in [-0.39, 0.29) is 6.10 Å². The zero-order valence-corrected chi connectivity index (χ0v) is 18.7. The van der Waals surface area contributed by atoms with E-state index in [2.05, 4.69) is 33.7 Å². The van der Waals surface area contributed by atoms with Crippen LogP contribution in [0.3, 0.4) is 0 Å². The minimum Gasteiger partial charge on any atom is -0.391 e. The highest BCUT2D eigenvalue weighted by molar-refractivity contribution is 7.99. The van der Waals surface area contributed by atoms with Crippen LogP contribution in [0, 0.1) is 11.8 Å². The summed E-state index contributed by atoms with van der Waals surface area (Å²) in [5.74, 6) is 3.70. The summed E-state index contributed by atoms with van der Waals surface area (Å²) in [5, 5.41) is 11.7. The zero-order valence-electron chi connectivity index (χ0n) is 17.8. The first kappa shape index (κ1) is 21.2. The SMILES string of the molecule is CCCCSc1nc(N)cc(N2C[C@H]3C[C@@H](N4CCN(C)CC4)[C@H](O)C[C@H]3C2)n1. The molecule has 1 saturated carbocycles. The molecule has 8 heteroatoms. The fourth-order valence-corrected chi connectivity index (χ4v) is 6.05. The first-order valence-electron chi connectivity index (χ1n) is 11.2. The second-order valence-electron chi connectivity index (χ2n) is 9.01. The van der Waals surface area contributed by atoms with Gasteiger partial charge in [0.1, 0.15) is 11.6 Å². The van der Waals surface area contributed by atoms with Crippen molar-refractivity contribution in [3.63, 3.8) is 0 Å². The van der Waals surface area contributed by atoms with E-state index >= 15 is 0 Å². The van der Waals surface area contributed by atoms with E-state index in [1.165, 1.54) is 6.42 Å². The Morgan fingerprint density at radius 3 is 2.59 bits per heavy atom. The Bertz CT molecular complexity index is 683. The molecule has 2 aliphatic heterocycles. The molecule has 0 spiro atoms. The molecule has 2 saturated heterocycles. The van der Waals surface area contributed by atoms with Gasteiger partial charge in [0.05, 0.1) is 6.10 Å². The van der Waals surface area contributed by atoms with E-state index in [4.69, 9.17) is 10.7 Å². The van der Waals surface area contributed by atoms with Gasteiger partial charge in [-0.15, -0.1) is 0 Å². The second-order valence-corrected chi connectivity index (χ2v) is 10.1. The van der Waals surface area contributed by atoms with Gasteiger partial charge < -0.3 is 20.6 Å². The third kappa shape index (κ3) is 4.98. The van der Waals surface area contributed by atoms with Gasteiger partial charge >= 0.3 is 0 Å². The first-order valence-corrected chi connectivity index (χ1v) is 12.1. The summed E-state index contributed by atoms with van der Waals surface area (Å²) in [6.45, 7) is 8.51. The smallest absolute Gasteiger partial charge is 0.191 e. The van der Waals surface area contributed by atoms with Gasteiger partial charge in [0.2, 0.25) is 0 Å². The lowest BCUT2D eigenvalue weighted by atomic mass is 9.77. The number of rotatable bonds is 6. The highest BCUT2D eigenvalue weighted by atomic mass is 32.2. The lowest BCUT2D eigenvalue weighted by molar-refractivity contribution is -0.0249. The van der Waals surface area contributed by atoms with Crippen molar-refractivity contribution in [3.8, 4) is 0 Å². The minimum atomic E-state index is -0.213. The molecular weight excluding hydrogens is 384 g/mol. The Labute approximate surface area is 179 Å². The second kappa shape index (κ2) is 9.37. The molecule has 0 aromatic carbocycles. The van der Waals surface area contributed by atoms with Gasteiger partial charge in [-0.3, -0.25) is 4.90 Å². The Hall–Kier alpha value is -1.09. The number of piperazine rings is 1. The Morgan fingerprint density at radius 1 is 1.14 bits per heavy atom. The van der Waals surface area contributed by atoms with Crippen LogP contribution in [0.15, 0.2) is 11.2 Å². The largest absolute Gasteiger partial charge is 0.391 e. The van der Waals surface area contributed by atoms with E-state index in [1.54, 1.807) is 11.8 Å². The molecule has 1 aromatic rings. The average Bonchev–Trinajstić information content (AvgIpc) is 3.11. The molecule has 7 nitrogen and oxygen atoms in total. The normalized spacial score (nSPS) is 31.2. The molecule has 0 radical (unpaired) electrons. The van der Waals surface area contributed by atoms with Crippen LogP contribution in [0.5, 0.6) is 0 Å². The molecule has 3 aliphatic rings. The van der Waals surface area contributed by atoms with E-state index in [0.29, 0.717) is 23.7 Å². The highest BCUT2D eigenvalue weighted by Crippen LogP contribution is 2.40. The summed E-state index contributed by atoms with van der Waals surface area (Å²) in [7, 11) is 2.18. The molecule has 4 atom stereocenters. The number of nitrogens with two attached hydrogens (primary N) is 1. The van der Waals surface area contributed by atoms with Crippen molar-refractivity contribution < 1.29 is 5.11 Å². The number of nitrogens with zero attached hydrogens (tertiary/aromatic N) is 5. The van der Waals surface area contributed by atoms with Crippen LogP contribution >= 0.6 is 11.8 Å². The third-order valence-corrected chi connectivity index (χ3v) is 7.81. The van der Waals surface area contributed by atoms with Crippen molar-refractivity contribution in [1.29, 1.82) is 0 Å². The molecule has 3 heterocycles. The fraction of sp³-hybridized carbons (Fsp3) is 0.810. The summed E-state index contributed by atoms with van der Waals surface area (Å²) in [6, 6.07) is 2.22. The molecule has 4 rings (SSSR count). The van der Waals surface area contributed by atoms with Crippen molar-refractivity contribution in [2.24, 2.45) is 11.8 Å². The third-order valence-electron chi connectivity index (χ3n) is 6.88. The van der Waals surface area contributed by atoms with Crippen LogP contribution in [0.1, 0.15) is 32.6 Å². The number of hydrogen-bond acceptors (Lipinski definition) is 8. The fourth-order valence-electron chi connectivity index (χ4n) is 5.10. The lowest BCUT2D eigenvalue weighted by Gasteiger charge is -2.44. The van der Waals surface area contributed by atoms with Crippen molar-refractivity contribution in [1.82, 2.24) is 19.8 Å². The number of thioether (sulfide) groups is 1. The predicted octanol–water partition coefficient (Wildman–Crippen LogP) is 1.77. The van der Waals surface area contributed by atoms with Crippen molar-refractivity contribution in [2.75, 3.05) is 62.7 Å². The summed E-state index contributed by atoms with van der Waals surface area (Å²) < 4.78 is 0. The van der Waals surface area contributed by atoms with Crippen LogP contribution in [0.25, 0.3) is 0 Å². The molecule has 162 valence electrons. The maximum absolute atomic E-state index is 10.9. The summed E-state index contributed by atoms with van der Waals surface area (Å²) in [6.07, 6.45) is 4.11. The van der Waals surface area contributed by atoms with Crippen molar-refractivity contribution >= 4 is 23.4 Å². The number of nitrogen functional groups attached to an aromatic ring is 1. The molecule has 0 bridgehead atoms. The minimum absolute atomic E-state index is 0.213. The van der Waals surface area contributed by atoms with Crippen LogP contribution in [0.2, 0.25) is 0 Å². The lowest BCUT2D eigenvalue weighted by Crippen LogP contribution is -2.55. The summed E-state index contributed by atoms with van der Waals surface area (Å²) in [5.41, 5.74) is 6.09. The molecule has 0 amide bonds. The van der Waals surface area contributed by atoms with E-state index in [1.807, 2.05) is 6.07 Å². The van der Waals surface area contributed by atoms with E-state index < -0.39 is 0 Å². The molecule has 1 aromatic heterocycles. The van der Waals surface area contributed by atoms with Crippen molar-refractivity contribution in [2.45, 2.75) is 49.9 Å². The zero-order chi connectivity index (χ0) is 20.4. The van der Waals surface area contributed by atoms with Gasteiger partial charge in [-0.2, -0.15) is 0 Å². The molecule has 3 fully saturated rings. The number of unbranched alkanes of at least 4 members (excludes halogenated alkanes) is 1. The van der Waals surface area contributed by atoms with Crippen LogP contribution in [-0.2, 0) is 0 Å². The molecule has 0 unspecified atom stereocenters.